The third-order valence-corrected chi connectivity index (χ3v) is 3.78. The molecular weight excluding hydrogens is 250 g/mol. The van der Waals surface area contributed by atoms with Crippen molar-refractivity contribution in [3.05, 3.63) is 36.4 Å². The molecule has 1 unspecified atom stereocenters. The third-order valence-electron chi connectivity index (χ3n) is 3.78. The van der Waals surface area contributed by atoms with E-state index in [0.29, 0.717) is 11.7 Å². The number of nitrogens with two attached hydrogens (primary N) is 1. The predicted octanol–water partition coefficient (Wildman–Crippen LogP) is 1.93. The van der Waals surface area contributed by atoms with E-state index in [1.54, 1.807) is 18.5 Å². The highest BCUT2D eigenvalue weighted by atomic mass is 15.1. The van der Waals surface area contributed by atoms with Crippen molar-refractivity contribution in [1.29, 1.82) is 0 Å². The molecule has 1 atom stereocenters. The Balaban J connectivity index is 1.87. The summed E-state index contributed by atoms with van der Waals surface area (Å²) < 4.78 is 0. The van der Waals surface area contributed by atoms with Gasteiger partial charge >= 0.3 is 0 Å². The van der Waals surface area contributed by atoms with Crippen molar-refractivity contribution in [2.75, 3.05) is 25.9 Å². The number of nitrogen functional groups attached to an aromatic ring is 1. The number of anilines is 1. The molecule has 0 bridgehead atoms. The van der Waals surface area contributed by atoms with Gasteiger partial charge in [-0.25, -0.2) is 9.97 Å². The van der Waals surface area contributed by atoms with Crippen molar-refractivity contribution in [2.45, 2.75) is 18.8 Å². The SMILES string of the molecule is CN1CCCC(c2cncc(-c3ccc(N)nc3)n2)C1. The normalized spacial score (nSPS) is 19.9. The van der Waals surface area contributed by atoms with E-state index < -0.39 is 0 Å². The van der Waals surface area contributed by atoms with Gasteiger partial charge in [0.15, 0.2) is 0 Å². The molecule has 0 spiro atoms. The number of likely N-dealkylation sites (tertiary alicyclic amines) is 1. The maximum absolute atomic E-state index is 5.61. The highest BCUT2D eigenvalue weighted by Gasteiger charge is 2.20. The molecule has 5 heteroatoms. The molecule has 1 saturated heterocycles. The molecule has 0 amide bonds. The van der Waals surface area contributed by atoms with Crippen molar-refractivity contribution in [3.8, 4) is 11.3 Å². The zero-order chi connectivity index (χ0) is 13.9. The second-order valence-corrected chi connectivity index (χ2v) is 5.40. The maximum Gasteiger partial charge on any atom is 0.123 e. The number of likely N-dealkylation sites (N-methyl/N-ethyl adjacent to an activating group) is 1. The Morgan fingerprint density at radius 3 is 2.90 bits per heavy atom. The van der Waals surface area contributed by atoms with Crippen LogP contribution in [0.1, 0.15) is 24.5 Å². The van der Waals surface area contributed by atoms with E-state index in [0.717, 1.165) is 23.5 Å². The van der Waals surface area contributed by atoms with Gasteiger partial charge in [0.25, 0.3) is 0 Å². The van der Waals surface area contributed by atoms with Crippen LogP contribution in [-0.2, 0) is 0 Å². The minimum atomic E-state index is 0.475. The molecule has 0 aromatic carbocycles. The molecule has 3 heterocycles. The fourth-order valence-electron chi connectivity index (χ4n) is 2.68. The van der Waals surface area contributed by atoms with Gasteiger partial charge in [-0.15, -0.1) is 0 Å². The summed E-state index contributed by atoms with van der Waals surface area (Å²) in [5, 5.41) is 0. The van der Waals surface area contributed by atoms with Crippen molar-refractivity contribution < 1.29 is 0 Å². The van der Waals surface area contributed by atoms with E-state index in [-0.39, 0.29) is 0 Å². The first-order valence-corrected chi connectivity index (χ1v) is 6.95. The summed E-state index contributed by atoms with van der Waals surface area (Å²) >= 11 is 0. The molecule has 2 aromatic heterocycles. The van der Waals surface area contributed by atoms with Crippen LogP contribution in [0.5, 0.6) is 0 Å². The first kappa shape index (κ1) is 13.0. The van der Waals surface area contributed by atoms with Gasteiger partial charge in [0, 0.05) is 30.4 Å². The minimum Gasteiger partial charge on any atom is -0.384 e. The lowest BCUT2D eigenvalue weighted by Gasteiger charge is -2.29. The minimum absolute atomic E-state index is 0.475. The summed E-state index contributed by atoms with van der Waals surface area (Å²) in [5.41, 5.74) is 8.51. The quantitative estimate of drug-likeness (QED) is 0.902. The number of piperidine rings is 1. The number of rotatable bonds is 2. The molecule has 1 aliphatic rings. The van der Waals surface area contributed by atoms with Crippen molar-refractivity contribution >= 4 is 5.82 Å². The molecule has 2 aromatic rings. The highest BCUT2D eigenvalue weighted by molar-refractivity contribution is 5.58. The largest absolute Gasteiger partial charge is 0.384 e. The van der Waals surface area contributed by atoms with E-state index in [2.05, 4.69) is 21.9 Å². The standard InChI is InChI=1S/C15H19N5/c1-20-6-2-3-12(10-20)14-9-17-8-13(19-14)11-4-5-15(16)18-7-11/h4-5,7-9,12H,2-3,6,10H2,1H3,(H2,16,18). The molecule has 3 rings (SSSR count). The van der Waals surface area contributed by atoms with Gasteiger partial charge in [-0.2, -0.15) is 0 Å². The monoisotopic (exact) mass is 269 g/mol. The summed E-state index contributed by atoms with van der Waals surface area (Å²) in [4.78, 5) is 15.6. The second-order valence-electron chi connectivity index (χ2n) is 5.40. The summed E-state index contributed by atoms with van der Waals surface area (Å²) in [6, 6.07) is 3.72. The van der Waals surface area contributed by atoms with Gasteiger partial charge in [-0.05, 0) is 38.6 Å². The smallest absolute Gasteiger partial charge is 0.123 e. The number of hydrogen-bond donors (Lipinski definition) is 1. The van der Waals surface area contributed by atoms with Crippen molar-refractivity contribution in [3.63, 3.8) is 0 Å². The maximum atomic E-state index is 5.61. The molecular formula is C15H19N5. The lowest BCUT2D eigenvalue weighted by Crippen LogP contribution is -2.31. The Labute approximate surface area is 118 Å². The molecule has 104 valence electrons. The molecule has 5 nitrogen and oxygen atoms in total. The first-order valence-electron chi connectivity index (χ1n) is 6.95. The average Bonchev–Trinajstić information content (AvgIpc) is 2.48. The van der Waals surface area contributed by atoms with Gasteiger partial charge < -0.3 is 10.6 Å². The summed E-state index contributed by atoms with van der Waals surface area (Å²) in [6.07, 6.45) is 7.82. The van der Waals surface area contributed by atoms with Crippen LogP contribution >= 0.6 is 0 Å². The lowest BCUT2D eigenvalue weighted by atomic mass is 9.95. The fourth-order valence-corrected chi connectivity index (χ4v) is 2.68. The molecule has 1 fully saturated rings. The molecule has 20 heavy (non-hydrogen) atoms. The number of pyridine rings is 1. The van der Waals surface area contributed by atoms with Gasteiger partial charge in [0.05, 0.1) is 17.6 Å². The molecule has 1 aliphatic heterocycles. The first-order chi connectivity index (χ1) is 9.72. The van der Waals surface area contributed by atoms with Crippen LogP contribution in [0, 0.1) is 0 Å². The topological polar surface area (TPSA) is 67.9 Å². The van der Waals surface area contributed by atoms with Crippen LogP contribution in [0.25, 0.3) is 11.3 Å². The predicted molar refractivity (Wildman–Crippen MR) is 79.1 cm³/mol. The lowest BCUT2D eigenvalue weighted by molar-refractivity contribution is 0.248. The molecule has 0 aliphatic carbocycles. The zero-order valence-electron chi connectivity index (χ0n) is 11.7. The van der Waals surface area contributed by atoms with Crippen LogP contribution < -0.4 is 5.73 Å². The zero-order valence-corrected chi connectivity index (χ0v) is 11.7. The van der Waals surface area contributed by atoms with E-state index in [9.17, 15) is 0 Å². The van der Waals surface area contributed by atoms with Gasteiger partial charge in [0.2, 0.25) is 0 Å². The van der Waals surface area contributed by atoms with Crippen LogP contribution in [0.3, 0.4) is 0 Å². The van der Waals surface area contributed by atoms with E-state index in [1.807, 2.05) is 12.3 Å². The Hall–Kier alpha value is -2.01. The Morgan fingerprint density at radius 2 is 2.15 bits per heavy atom. The van der Waals surface area contributed by atoms with Crippen LogP contribution in [0.15, 0.2) is 30.7 Å². The average molecular weight is 269 g/mol. The second kappa shape index (κ2) is 5.54. The van der Waals surface area contributed by atoms with E-state index in [4.69, 9.17) is 10.7 Å². The number of hydrogen-bond acceptors (Lipinski definition) is 5. The number of aromatic nitrogens is 3. The Bertz CT molecular complexity index is 581. The molecule has 0 radical (unpaired) electrons. The third kappa shape index (κ3) is 2.77. The van der Waals surface area contributed by atoms with Gasteiger partial charge in [0.1, 0.15) is 5.82 Å². The fraction of sp³-hybridized carbons (Fsp3) is 0.400. The Kier molecular flexibility index (Phi) is 3.60. The highest BCUT2D eigenvalue weighted by Crippen LogP contribution is 2.26. The number of nitrogens with zero attached hydrogens (tertiary/aromatic N) is 4. The summed E-state index contributed by atoms with van der Waals surface area (Å²) in [5.74, 6) is 0.995. The van der Waals surface area contributed by atoms with E-state index in [1.165, 1.54) is 19.4 Å². The molecule has 2 N–H and O–H groups in total. The summed E-state index contributed by atoms with van der Waals surface area (Å²) in [6.45, 7) is 2.23. The molecule has 0 saturated carbocycles. The Morgan fingerprint density at radius 1 is 1.25 bits per heavy atom. The van der Waals surface area contributed by atoms with Crippen LogP contribution in [-0.4, -0.2) is 40.0 Å². The van der Waals surface area contributed by atoms with Crippen LogP contribution in [0.4, 0.5) is 5.82 Å². The van der Waals surface area contributed by atoms with E-state index >= 15 is 0 Å². The van der Waals surface area contributed by atoms with Crippen molar-refractivity contribution in [2.24, 2.45) is 0 Å². The summed E-state index contributed by atoms with van der Waals surface area (Å²) in [7, 11) is 2.16. The van der Waals surface area contributed by atoms with Crippen LogP contribution in [0.2, 0.25) is 0 Å². The van der Waals surface area contributed by atoms with Gasteiger partial charge in [-0.3, -0.25) is 4.98 Å². The van der Waals surface area contributed by atoms with Gasteiger partial charge in [-0.1, -0.05) is 0 Å². The van der Waals surface area contributed by atoms with Crippen molar-refractivity contribution in [1.82, 2.24) is 19.9 Å².